The fraction of sp³-hybridized carbons (Fsp3) is 0.412. The van der Waals surface area contributed by atoms with E-state index in [9.17, 15) is 9.59 Å². The predicted octanol–water partition coefficient (Wildman–Crippen LogP) is 2.89. The molecule has 1 N–H and O–H groups in total. The van der Waals surface area contributed by atoms with Crippen LogP contribution in [0.2, 0.25) is 0 Å². The SMILES string of the molecule is COc1ccc(NC(=O)CSC2=NC(=O)C3CCCCC3=N2)cc1. The van der Waals surface area contributed by atoms with Gasteiger partial charge in [-0.2, -0.15) is 4.99 Å². The van der Waals surface area contributed by atoms with Crippen LogP contribution in [-0.4, -0.2) is 35.6 Å². The molecule has 1 fully saturated rings. The van der Waals surface area contributed by atoms with Gasteiger partial charge in [0, 0.05) is 11.4 Å². The minimum atomic E-state index is -0.161. The van der Waals surface area contributed by atoms with Crippen LogP contribution in [0.4, 0.5) is 5.69 Å². The molecule has 0 bridgehead atoms. The Labute approximate surface area is 144 Å². The van der Waals surface area contributed by atoms with Crippen LogP contribution in [0.15, 0.2) is 34.3 Å². The molecule has 1 aliphatic carbocycles. The van der Waals surface area contributed by atoms with Crippen molar-refractivity contribution in [2.75, 3.05) is 18.2 Å². The summed E-state index contributed by atoms with van der Waals surface area (Å²) in [5, 5.41) is 3.20. The van der Waals surface area contributed by atoms with Gasteiger partial charge >= 0.3 is 0 Å². The average Bonchev–Trinajstić information content (AvgIpc) is 2.61. The monoisotopic (exact) mass is 345 g/mol. The Hall–Kier alpha value is -2.15. The van der Waals surface area contributed by atoms with Gasteiger partial charge in [-0.25, -0.2) is 4.99 Å². The number of amides is 2. The largest absolute Gasteiger partial charge is 0.497 e. The van der Waals surface area contributed by atoms with E-state index in [-0.39, 0.29) is 23.5 Å². The molecule has 24 heavy (non-hydrogen) atoms. The van der Waals surface area contributed by atoms with E-state index in [1.165, 1.54) is 11.8 Å². The second-order valence-corrected chi connectivity index (χ2v) is 6.64. The molecule has 1 aliphatic heterocycles. The number of anilines is 1. The molecular weight excluding hydrogens is 326 g/mol. The summed E-state index contributed by atoms with van der Waals surface area (Å²) in [6.45, 7) is 0. The highest BCUT2D eigenvalue weighted by Gasteiger charge is 2.30. The van der Waals surface area contributed by atoms with Gasteiger partial charge in [-0.15, -0.1) is 0 Å². The van der Waals surface area contributed by atoms with Crippen LogP contribution in [0.1, 0.15) is 25.7 Å². The number of hydrogen-bond acceptors (Lipinski definition) is 5. The molecule has 1 aromatic carbocycles. The number of carbonyl (C=O) groups excluding carboxylic acids is 2. The molecule has 0 aromatic heterocycles. The minimum Gasteiger partial charge on any atom is -0.497 e. The molecule has 1 atom stereocenters. The highest BCUT2D eigenvalue weighted by molar-refractivity contribution is 8.14. The number of hydrogen-bond donors (Lipinski definition) is 1. The van der Waals surface area contributed by atoms with Crippen LogP contribution >= 0.6 is 11.8 Å². The number of methoxy groups -OCH3 is 1. The van der Waals surface area contributed by atoms with Gasteiger partial charge in [-0.1, -0.05) is 18.2 Å². The summed E-state index contributed by atoms with van der Waals surface area (Å²) in [5.41, 5.74) is 1.63. The summed E-state index contributed by atoms with van der Waals surface area (Å²) in [6, 6.07) is 7.11. The van der Waals surface area contributed by atoms with E-state index in [2.05, 4.69) is 15.3 Å². The molecule has 0 spiro atoms. The Morgan fingerprint density at radius 1 is 1.29 bits per heavy atom. The summed E-state index contributed by atoms with van der Waals surface area (Å²) >= 11 is 1.20. The number of aliphatic imine (C=N–C) groups is 2. The van der Waals surface area contributed by atoms with Crippen LogP contribution in [0.3, 0.4) is 0 Å². The molecule has 126 valence electrons. The van der Waals surface area contributed by atoms with Crippen molar-refractivity contribution in [1.82, 2.24) is 0 Å². The molecule has 2 aliphatic rings. The van der Waals surface area contributed by atoms with Gasteiger partial charge < -0.3 is 10.1 Å². The first-order valence-electron chi connectivity index (χ1n) is 7.92. The zero-order chi connectivity index (χ0) is 16.9. The smallest absolute Gasteiger partial charge is 0.256 e. The van der Waals surface area contributed by atoms with E-state index in [0.29, 0.717) is 10.9 Å². The maximum Gasteiger partial charge on any atom is 0.256 e. The summed E-state index contributed by atoms with van der Waals surface area (Å²) in [4.78, 5) is 32.6. The summed E-state index contributed by atoms with van der Waals surface area (Å²) in [5.74, 6) is 0.496. The Morgan fingerprint density at radius 3 is 2.83 bits per heavy atom. The van der Waals surface area contributed by atoms with Crippen LogP contribution in [0, 0.1) is 5.92 Å². The number of rotatable bonds is 4. The van der Waals surface area contributed by atoms with Crippen molar-refractivity contribution in [1.29, 1.82) is 0 Å². The third-order valence-electron chi connectivity index (χ3n) is 4.03. The first-order chi connectivity index (χ1) is 11.7. The fourth-order valence-corrected chi connectivity index (χ4v) is 3.45. The zero-order valence-electron chi connectivity index (χ0n) is 13.4. The van der Waals surface area contributed by atoms with Gasteiger partial charge in [0.1, 0.15) is 5.75 Å². The maximum atomic E-state index is 12.0. The lowest BCUT2D eigenvalue weighted by Gasteiger charge is -2.24. The van der Waals surface area contributed by atoms with Gasteiger partial charge in [0.15, 0.2) is 5.17 Å². The van der Waals surface area contributed by atoms with E-state index in [1.807, 2.05) is 0 Å². The Bertz CT molecular complexity index is 698. The number of ether oxygens (including phenoxy) is 1. The Balaban J connectivity index is 1.54. The second kappa shape index (κ2) is 7.61. The fourth-order valence-electron chi connectivity index (χ4n) is 2.78. The molecule has 1 aromatic rings. The number of thioether (sulfide) groups is 1. The zero-order valence-corrected chi connectivity index (χ0v) is 14.3. The molecule has 0 saturated heterocycles. The summed E-state index contributed by atoms with van der Waals surface area (Å²) in [7, 11) is 1.59. The molecule has 3 rings (SSSR count). The first kappa shape index (κ1) is 16.7. The van der Waals surface area contributed by atoms with Crippen molar-refractivity contribution < 1.29 is 14.3 Å². The van der Waals surface area contributed by atoms with Gasteiger partial charge in [-0.05, 0) is 43.5 Å². The predicted molar refractivity (Wildman–Crippen MR) is 95.9 cm³/mol. The Morgan fingerprint density at radius 2 is 2.08 bits per heavy atom. The van der Waals surface area contributed by atoms with Crippen LogP contribution in [-0.2, 0) is 9.59 Å². The standard InChI is InChI=1S/C17H19N3O3S/c1-23-12-8-6-11(7-9-12)18-15(21)10-24-17-19-14-5-3-2-4-13(14)16(22)20-17/h6-9,13H,2-5,10H2,1H3,(H,18,21). The van der Waals surface area contributed by atoms with E-state index in [4.69, 9.17) is 4.74 Å². The van der Waals surface area contributed by atoms with E-state index >= 15 is 0 Å². The normalized spacial score (nSPS) is 19.9. The quantitative estimate of drug-likeness (QED) is 0.910. The van der Waals surface area contributed by atoms with E-state index in [0.717, 1.165) is 37.1 Å². The lowest BCUT2D eigenvalue weighted by atomic mass is 9.86. The molecule has 2 amide bonds. The number of benzene rings is 1. The summed E-state index contributed by atoms with van der Waals surface area (Å²) in [6.07, 6.45) is 3.82. The van der Waals surface area contributed by atoms with Crippen molar-refractivity contribution in [3.8, 4) is 5.75 Å². The molecule has 1 saturated carbocycles. The number of nitrogens with zero attached hydrogens (tertiary/aromatic N) is 2. The van der Waals surface area contributed by atoms with Crippen molar-refractivity contribution >= 4 is 40.1 Å². The molecular formula is C17H19N3O3S. The van der Waals surface area contributed by atoms with E-state index in [1.54, 1.807) is 31.4 Å². The highest BCUT2D eigenvalue weighted by Crippen LogP contribution is 2.27. The van der Waals surface area contributed by atoms with Crippen molar-refractivity contribution in [2.45, 2.75) is 25.7 Å². The lowest BCUT2D eigenvalue weighted by Crippen LogP contribution is -2.30. The number of amidine groups is 1. The third kappa shape index (κ3) is 4.03. The number of fused-ring (bicyclic) bond motifs is 1. The maximum absolute atomic E-state index is 12.0. The topological polar surface area (TPSA) is 80.1 Å². The number of carbonyl (C=O) groups is 2. The van der Waals surface area contributed by atoms with Gasteiger partial charge in [0.25, 0.3) is 5.91 Å². The van der Waals surface area contributed by atoms with Crippen LogP contribution in [0.5, 0.6) is 5.75 Å². The van der Waals surface area contributed by atoms with Crippen molar-refractivity contribution in [3.05, 3.63) is 24.3 Å². The minimum absolute atomic E-state index is 0.113. The van der Waals surface area contributed by atoms with E-state index < -0.39 is 0 Å². The van der Waals surface area contributed by atoms with Gasteiger partial charge in [0.2, 0.25) is 5.91 Å². The summed E-state index contributed by atoms with van der Waals surface area (Å²) < 4.78 is 5.08. The molecule has 6 nitrogen and oxygen atoms in total. The number of nitrogens with one attached hydrogen (secondary N) is 1. The first-order valence-corrected chi connectivity index (χ1v) is 8.91. The van der Waals surface area contributed by atoms with Crippen LogP contribution < -0.4 is 10.1 Å². The lowest BCUT2D eigenvalue weighted by molar-refractivity contribution is -0.120. The van der Waals surface area contributed by atoms with Crippen molar-refractivity contribution in [3.63, 3.8) is 0 Å². The third-order valence-corrected chi connectivity index (χ3v) is 4.87. The molecule has 0 radical (unpaired) electrons. The van der Waals surface area contributed by atoms with Crippen LogP contribution in [0.25, 0.3) is 0 Å². The Kier molecular flexibility index (Phi) is 5.30. The van der Waals surface area contributed by atoms with Gasteiger partial charge in [0.05, 0.1) is 18.8 Å². The van der Waals surface area contributed by atoms with Crippen molar-refractivity contribution in [2.24, 2.45) is 15.9 Å². The highest BCUT2D eigenvalue weighted by atomic mass is 32.2. The van der Waals surface area contributed by atoms with Gasteiger partial charge in [-0.3, -0.25) is 9.59 Å². The molecule has 7 heteroatoms. The average molecular weight is 345 g/mol. The second-order valence-electron chi connectivity index (χ2n) is 5.70. The molecule has 1 heterocycles. The molecule has 1 unspecified atom stereocenters.